The van der Waals surface area contributed by atoms with Gasteiger partial charge in [-0.15, -0.1) is 11.3 Å². The molecular weight excluding hydrogens is 1700 g/mol. The van der Waals surface area contributed by atoms with Gasteiger partial charge in [-0.05, 0) is 279 Å². The quantitative estimate of drug-likeness (QED) is 0.108. The number of benzene rings is 21. The lowest BCUT2D eigenvalue weighted by Gasteiger charge is -2.28. The van der Waals surface area contributed by atoms with E-state index >= 15 is 0 Å². The van der Waals surface area contributed by atoms with Crippen molar-refractivity contribution in [2.75, 3.05) is 14.7 Å². The molecule has 0 saturated heterocycles. The maximum atomic E-state index is 6.86. The van der Waals surface area contributed by atoms with Crippen LogP contribution in [0.25, 0.3) is 164 Å². The summed E-state index contributed by atoms with van der Waals surface area (Å²) in [4.78, 5) is 7.03. The molecule has 6 heteroatoms. The first-order valence-electron chi connectivity index (χ1n) is 48.1. The lowest BCUT2D eigenvalue weighted by molar-refractivity contribution is 0.657. The lowest BCUT2D eigenvalue weighted by atomic mass is 9.82. The number of thiophene rings is 1. The van der Waals surface area contributed by atoms with Crippen LogP contribution in [0.1, 0.15) is 74.9 Å². The topological polar surface area (TPSA) is 36.0 Å². The number of rotatable bonds is 14. The summed E-state index contributed by atoms with van der Waals surface area (Å²) in [6.07, 6.45) is 0. The van der Waals surface area contributed by atoms with Crippen LogP contribution in [0.4, 0.5) is 51.2 Å². The molecule has 662 valence electrons. The van der Waals surface area contributed by atoms with E-state index < -0.39 is 0 Å². The fourth-order valence-electron chi connectivity index (χ4n) is 22.2. The molecule has 0 fully saturated rings. The normalized spacial score (nSPS) is 13.1. The highest BCUT2D eigenvalue weighted by Gasteiger charge is 2.40. The first-order chi connectivity index (χ1) is 68.2. The molecule has 5 nitrogen and oxygen atoms in total. The maximum absolute atomic E-state index is 6.86. The van der Waals surface area contributed by atoms with Gasteiger partial charge in [-0.2, -0.15) is 0 Å². The Balaban J connectivity index is 0.000000110. The van der Waals surface area contributed by atoms with Crippen molar-refractivity contribution in [1.29, 1.82) is 0 Å². The molecule has 0 aliphatic heterocycles. The third-order valence-corrected chi connectivity index (χ3v) is 30.5. The Kier molecular flexibility index (Phi) is 20.4. The highest BCUT2D eigenvalue weighted by Crippen LogP contribution is 2.58. The summed E-state index contributed by atoms with van der Waals surface area (Å²) in [5.41, 5.74) is 41.3. The monoisotopic (exact) mass is 1800 g/mol. The summed E-state index contributed by atoms with van der Waals surface area (Å²) < 4.78 is 16.4. The van der Waals surface area contributed by atoms with E-state index in [9.17, 15) is 0 Å². The van der Waals surface area contributed by atoms with E-state index in [4.69, 9.17) is 8.83 Å². The maximum Gasteiger partial charge on any atom is 0.159 e. The van der Waals surface area contributed by atoms with Crippen LogP contribution in [-0.2, 0) is 16.2 Å². The number of furan rings is 2. The van der Waals surface area contributed by atoms with Crippen LogP contribution in [0.15, 0.2) is 488 Å². The molecule has 0 bridgehead atoms. The van der Waals surface area contributed by atoms with Gasteiger partial charge in [0.15, 0.2) is 11.2 Å². The molecule has 3 aliphatic carbocycles. The van der Waals surface area contributed by atoms with E-state index in [-0.39, 0.29) is 16.2 Å². The van der Waals surface area contributed by atoms with Gasteiger partial charge >= 0.3 is 0 Å². The van der Waals surface area contributed by atoms with Gasteiger partial charge in [-0.1, -0.05) is 375 Å². The summed E-state index contributed by atoms with van der Waals surface area (Å²) in [5.74, 6) is 0. The van der Waals surface area contributed by atoms with Gasteiger partial charge in [0.25, 0.3) is 0 Å². The molecule has 0 spiro atoms. The van der Waals surface area contributed by atoms with Crippen LogP contribution >= 0.6 is 11.3 Å². The van der Waals surface area contributed by atoms with E-state index in [1.54, 1.807) is 0 Å². The second-order valence-electron chi connectivity index (χ2n) is 38.6. The van der Waals surface area contributed by atoms with Gasteiger partial charge in [0.2, 0.25) is 0 Å². The molecule has 0 N–H and O–H groups in total. The molecule has 24 aromatic rings. The minimum atomic E-state index is -0.127. The number of fused-ring (bicyclic) bond motifs is 19. The minimum Gasteiger partial charge on any atom is -0.454 e. The fraction of sp³-hybridized carbons (Fsp3) is 0.0677. The highest BCUT2D eigenvalue weighted by molar-refractivity contribution is 7.25. The predicted molar refractivity (Wildman–Crippen MR) is 588 cm³/mol. The lowest BCUT2D eigenvalue weighted by Crippen LogP contribution is -2.16. The zero-order chi connectivity index (χ0) is 93.2. The van der Waals surface area contributed by atoms with Gasteiger partial charge in [0, 0.05) is 97.8 Å². The first kappa shape index (κ1) is 83.9. The highest BCUT2D eigenvalue weighted by atomic mass is 32.1. The molecule has 0 amide bonds. The number of anilines is 9. The Morgan fingerprint density at radius 3 is 0.950 bits per heavy atom. The molecule has 0 unspecified atom stereocenters. The standard InChI is InChI=1S/C45H33NO.C45H33NS.C43H31NO/c1-45(2)40-18-10-9-16-36(40)38-29-43-39(28-41(38)45)37-17-11-19-42(44(37)47-43)46(34-24-20-32(21-25-34)30-12-5-3-6-13-30)35-26-22-33(23-27-35)31-14-7-4-8-15-31;1-45(2)41-27-36(25-26-37(41)39-29-44-40(28-42(39)45)38-15-9-10-16-43(38)47-44)46(34-21-17-32(18-22-34)30-11-5-3-6-12-30)35-23-19-33(20-24-35)31-13-7-4-8-14-31;1-43(2)38-17-9-8-15-34(38)36-27-41-37(26-39(36)43)35-16-10-18-40(42(35)45-41)44(32-13-4-3-5-14-32)33-23-21-29(22-24-33)31-20-19-28-11-6-7-12-30(28)25-31/h2*3-29H,1-2H3;3-27H,1-2H3. The largest absolute Gasteiger partial charge is 0.454 e. The molecule has 3 heterocycles. The molecule has 0 saturated carbocycles. The molecule has 21 aromatic carbocycles. The average molecular weight is 1800 g/mol. The molecule has 139 heavy (non-hydrogen) atoms. The Labute approximate surface area is 814 Å². The van der Waals surface area contributed by atoms with Gasteiger partial charge in [-0.3, -0.25) is 0 Å². The van der Waals surface area contributed by atoms with E-state index in [2.05, 4.69) is 535 Å². The van der Waals surface area contributed by atoms with E-state index in [0.717, 1.165) is 95.1 Å². The summed E-state index contributed by atoms with van der Waals surface area (Å²) in [5, 5.41) is 9.79. The third-order valence-electron chi connectivity index (χ3n) is 29.4. The van der Waals surface area contributed by atoms with Crippen molar-refractivity contribution < 1.29 is 8.83 Å². The van der Waals surface area contributed by atoms with Crippen LogP contribution < -0.4 is 14.7 Å². The average Bonchev–Trinajstić information content (AvgIpc) is 1.56. The van der Waals surface area contributed by atoms with E-state index in [1.807, 2.05) is 11.3 Å². The van der Waals surface area contributed by atoms with Crippen LogP contribution in [0.3, 0.4) is 0 Å². The fourth-order valence-corrected chi connectivity index (χ4v) is 23.3. The zero-order valence-electron chi connectivity index (χ0n) is 78.2. The molecule has 0 atom stereocenters. The summed E-state index contributed by atoms with van der Waals surface area (Å²) in [6, 6.07) is 173. The van der Waals surface area contributed by atoms with Gasteiger partial charge in [0.05, 0.1) is 11.4 Å². The number of nitrogens with zero attached hydrogens (tertiary/aromatic N) is 3. The van der Waals surface area contributed by atoms with Crippen molar-refractivity contribution in [3.8, 4) is 89.0 Å². The van der Waals surface area contributed by atoms with Crippen LogP contribution in [0.2, 0.25) is 0 Å². The number of para-hydroxylation sites is 3. The van der Waals surface area contributed by atoms with Gasteiger partial charge < -0.3 is 23.5 Å². The summed E-state index contributed by atoms with van der Waals surface area (Å²) in [7, 11) is 0. The van der Waals surface area contributed by atoms with Crippen molar-refractivity contribution in [2.45, 2.75) is 57.8 Å². The summed E-state index contributed by atoms with van der Waals surface area (Å²) >= 11 is 1.90. The van der Waals surface area contributed by atoms with Crippen molar-refractivity contribution in [3.63, 3.8) is 0 Å². The smallest absolute Gasteiger partial charge is 0.159 e. The van der Waals surface area contributed by atoms with E-state index in [1.165, 1.54) is 153 Å². The molecule has 0 radical (unpaired) electrons. The van der Waals surface area contributed by atoms with Crippen molar-refractivity contribution >= 4 is 137 Å². The van der Waals surface area contributed by atoms with Gasteiger partial charge in [0.1, 0.15) is 11.2 Å². The Morgan fingerprint density at radius 1 is 0.180 bits per heavy atom. The predicted octanol–water partition coefficient (Wildman–Crippen LogP) is 38.0. The number of hydrogen-bond acceptors (Lipinski definition) is 6. The second-order valence-corrected chi connectivity index (χ2v) is 39.7. The van der Waals surface area contributed by atoms with E-state index in [0.29, 0.717) is 0 Å². The molecule has 3 aromatic heterocycles. The Hall–Kier alpha value is -16.9. The minimum absolute atomic E-state index is 0.0653. The first-order valence-corrected chi connectivity index (χ1v) is 49.0. The van der Waals surface area contributed by atoms with Crippen molar-refractivity contribution in [1.82, 2.24) is 0 Å². The second kappa shape index (κ2) is 33.9. The van der Waals surface area contributed by atoms with Crippen LogP contribution in [-0.4, -0.2) is 0 Å². The molecule has 27 rings (SSSR count). The van der Waals surface area contributed by atoms with Crippen molar-refractivity contribution in [2.24, 2.45) is 0 Å². The van der Waals surface area contributed by atoms with Crippen molar-refractivity contribution in [3.05, 3.63) is 513 Å². The van der Waals surface area contributed by atoms with Gasteiger partial charge in [-0.25, -0.2) is 0 Å². The third kappa shape index (κ3) is 14.6. The van der Waals surface area contributed by atoms with Crippen LogP contribution in [0.5, 0.6) is 0 Å². The Morgan fingerprint density at radius 2 is 0.496 bits per heavy atom. The molecular formula is C133H97N3O2S. The SMILES string of the molecule is CC1(C)c2cc(N(c3ccc(-c4ccccc4)cc3)c3ccc(-c4ccccc4)cc3)ccc2-c2cc3sc4ccccc4c3cc21.CC1(C)c2ccccc2-c2cc3oc4c(N(c5ccc(-c6ccccc6)cc5)c5ccc(-c6ccccc6)cc5)cccc4c3cc21.CC1(C)c2ccccc2-c2cc3oc4c(N(c5ccccc5)c5ccc(-c6ccc7ccccc7c6)cc5)cccc4c3cc21. The number of hydrogen-bond donors (Lipinski definition) is 0. The Bertz CT molecular complexity index is 8680. The zero-order valence-corrected chi connectivity index (χ0v) is 79.0. The molecule has 3 aliphatic rings. The summed E-state index contributed by atoms with van der Waals surface area (Å²) in [6.45, 7) is 14.1. The van der Waals surface area contributed by atoms with Crippen LogP contribution in [0, 0.1) is 0 Å².